The first-order chi connectivity index (χ1) is 9.56. The number of rotatable bonds is 6. The van der Waals surface area contributed by atoms with Crippen LogP contribution in [0.2, 0.25) is 0 Å². The summed E-state index contributed by atoms with van der Waals surface area (Å²) in [6.45, 7) is 2.45. The van der Waals surface area contributed by atoms with Gasteiger partial charge in [0.25, 0.3) is 0 Å². The molecule has 106 valence electrons. The van der Waals surface area contributed by atoms with E-state index < -0.39 is 0 Å². The van der Waals surface area contributed by atoms with Crippen molar-refractivity contribution in [2.24, 2.45) is 0 Å². The summed E-state index contributed by atoms with van der Waals surface area (Å²) in [4.78, 5) is 15.5. The second-order valence-electron chi connectivity index (χ2n) is 4.98. The number of carbonyl (C=O) groups excluding carboxylic acids is 1. The summed E-state index contributed by atoms with van der Waals surface area (Å²) in [7, 11) is 1.94. The van der Waals surface area contributed by atoms with E-state index in [1.165, 1.54) is 29.1 Å². The third kappa shape index (κ3) is 3.99. The molecule has 0 aliphatic heterocycles. The highest BCUT2D eigenvalue weighted by Gasteiger charge is 2.15. The van der Waals surface area contributed by atoms with Crippen LogP contribution in [-0.4, -0.2) is 30.3 Å². The number of hydrogen-bond acceptors (Lipinski definition) is 3. The molecule has 1 aromatic carbocycles. The van der Waals surface area contributed by atoms with Crippen molar-refractivity contribution in [3.05, 3.63) is 58.0 Å². The first-order valence-corrected chi connectivity index (χ1v) is 7.45. The van der Waals surface area contributed by atoms with Gasteiger partial charge in [-0.1, -0.05) is 6.07 Å². The van der Waals surface area contributed by atoms with Crippen molar-refractivity contribution in [2.45, 2.75) is 19.4 Å². The number of benzene rings is 1. The molecule has 1 unspecified atom stereocenters. The van der Waals surface area contributed by atoms with E-state index in [2.05, 4.69) is 18.4 Å². The minimum Gasteiger partial charge on any atom is -0.296 e. The molecule has 0 aliphatic carbocycles. The van der Waals surface area contributed by atoms with E-state index >= 15 is 0 Å². The Kier molecular flexibility index (Phi) is 5.04. The highest BCUT2D eigenvalue weighted by Crippen LogP contribution is 2.14. The van der Waals surface area contributed by atoms with E-state index in [1.54, 1.807) is 11.3 Å². The van der Waals surface area contributed by atoms with Gasteiger partial charge < -0.3 is 0 Å². The molecule has 0 saturated carbocycles. The fourth-order valence-corrected chi connectivity index (χ4v) is 2.81. The molecule has 0 N–H and O–H groups in total. The van der Waals surface area contributed by atoms with Crippen LogP contribution in [0.1, 0.15) is 22.2 Å². The summed E-state index contributed by atoms with van der Waals surface area (Å²) in [5.74, 6) is -0.300. The molecular formula is C16H18FNOS. The minimum atomic E-state index is -0.319. The van der Waals surface area contributed by atoms with Gasteiger partial charge in [0, 0.05) is 16.5 Å². The van der Waals surface area contributed by atoms with Crippen molar-refractivity contribution >= 4 is 17.1 Å². The lowest BCUT2D eigenvalue weighted by Gasteiger charge is -2.23. The summed E-state index contributed by atoms with van der Waals surface area (Å²) in [5.41, 5.74) is 0.557. The number of nitrogens with zero attached hydrogens (tertiary/aromatic N) is 1. The van der Waals surface area contributed by atoms with Crippen LogP contribution < -0.4 is 0 Å². The molecule has 0 fully saturated rings. The number of ketones is 1. The third-order valence-corrected chi connectivity index (χ3v) is 4.29. The Morgan fingerprint density at radius 1 is 1.30 bits per heavy atom. The molecule has 0 bridgehead atoms. The van der Waals surface area contributed by atoms with Crippen LogP contribution in [-0.2, 0) is 6.42 Å². The van der Waals surface area contributed by atoms with E-state index in [9.17, 15) is 9.18 Å². The van der Waals surface area contributed by atoms with Crippen LogP contribution in [0.15, 0.2) is 41.8 Å². The number of halogens is 1. The van der Waals surface area contributed by atoms with Gasteiger partial charge in [0.2, 0.25) is 0 Å². The normalized spacial score (nSPS) is 12.6. The summed E-state index contributed by atoms with van der Waals surface area (Å²) in [6.07, 6.45) is 0.935. The molecule has 4 heteroatoms. The van der Waals surface area contributed by atoms with Gasteiger partial charge in [-0.15, -0.1) is 11.3 Å². The molecule has 0 spiro atoms. The average molecular weight is 291 g/mol. The summed E-state index contributed by atoms with van der Waals surface area (Å²) >= 11 is 1.73. The molecule has 0 amide bonds. The average Bonchev–Trinajstić information content (AvgIpc) is 2.92. The quantitative estimate of drug-likeness (QED) is 0.757. The predicted molar refractivity (Wildman–Crippen MR) is 80.8 cm³/mol. The Morgan fingerprint density at radius 2 is 2.00 bits per heavy atom. The van der Waals surface area contributed by atoms with Crippen molar-refractivity contribution in [1.29, 1.82) is 0 Å². The van der Waals surface area contributed by atoms with Crippen LogP contribution in [0.25, 0.3) is 0 Å². The molecule has 2 rings (SSSR count). The van der Waals surface area contributed by atoms with E-state index in [0.717, 1.165) is 6.42 Å². The van der Waals surface area contributed by atoms with E-state index in [-0.39, 0.29) is 17.6 Å². The van der Waals surface area contributed by atoms with E-state index in [0.29, 0.717) is 12.1 Å². The van der Waals surface area contributed by atoms with Crippen LogP contribution in [0, 0.1) is 5.82 Å². The van der Waals surface area contributed by atoms with Gasteiger partial charge in [-0.3, -0.25) is 9.69 Å². The zero-order valence-electron chi connectivity index (χ0n) is 11.7. The fraction of sp³-hybridized carbons (Fsp3) is 0.312. The van der Waals surface area contributed by atoms with E-state index in [1.807, 2.05) is 18.0 Å². The molecule has 1 atom stereocenters. The Morgan fingerprint density at radius 3 is 2.60 bits per heavy atom. The largest absolute Gasteiger partial charge is 0.296 e. The molecule has 2 nitrogen and oxygen atoms in total. The molecule has 1 aromatic heterocycles. The van der Waals surface area contributed by atoms with Crippen LogP contribution in [0.3, 0.4) is 0 Å². The molecule has 2 aromatic rings. The Labute approximate surface area is 122 Å². The van der Waals surface area contributed by atoms with Gasteiger partial charge in [0.05, 0.1) is 6.54 Å². The number of thiophene rings is 1. The summed E-state index contributed by atoms with van der Waals surface area (Å²) in [6, 6.07) is 10.2. The van der Waals surface area contributed by atoms with E-state index in [4.69, 9.17) is 0 Å². The third-order valence-electron chi connectivity index (χ3n) is 3.39. The van der Waals surface area contributed by atoms with Gasteiger partial charge in [-0.05, 0) is 56.1 Å². The second kappa shape index (κ2) is 6.77. The topological polar surface area (TPSA) is 20.3 Å². The van der Waals surface area contributed by atoms with Gasteiger partial charge in [0.15, 0.2) is 5.78 Å². The molecule has 0 saturated heterocycles. The van der Waals surface area contributed by atoms with Crippen LogP contribution in [0.4, 0.5) is 4.39 Å². The zero-order chi connectivity index (χ0) is 14.5. The summed E-state index contributed by atoms with van der Waals surface area (Å²) < 4.78 is 12.8. The van der Waals surface area contributed by atoms with Crippen molar-refractivity contribution < 1.29 is 9.18 Å². The molecule has 0 radical (unpaired) electrons. The zero-order valence-corrected chi connectivity index (χ0v) is 12.5. The molecular weight excluding hydrogens is 273 g/mol. The lowest BCUT2D eigenvalue weighted by Crippen LogP contribution is -2.35. The standard InChI is InChI=1S/C16H18FNOS/c1-12(10-15-4-3-9-20-15)18(2)11-16(19)13-5-7-14(17)8-6-13/h3-9,12H,10-11H2,1-2H3. The highest BCUT2D eigenvalue weighted by atomic mass is 32.1. The molecule has 20 heavy (non-hydrogen) atoms. The Hall–Kier alpha value is -1.52. The number of hydrogen-bond donors (Lipinski definition) is 0. The highest BCUT2D eigenvalue weighted by molar-refractivity contribution is 7.09. The number of Topliss-reactive ketones (excluding diaryl/α,β-unsaturated/α-hetero) is 1. The van der Waals surface area contributed by atoms with Crippen molar-refractivity contribution in [2.75, 3.05) is 13.6 Å². The number of likely N-dealkylation sites (N-methyl/N-ethyl adjacent to an activating group) is 1. The fourth-order valence-electron chi connectivity index (χ4n) is 1.99. The van der Waals surface area contributed by atoms with Crippen LogP contribution in [0.5, 0.6) is 0 Å². The maximum atomic E-state index is 12.8. The van der Waals surface area contributed by atoms with Gasteiger partial charge in [-0.25, -0.2) is 4.39 Å². The molecule has 1 heterocycles. The van der Waals surface area contributed by atoms with Crippen LogP contribution >= 0.6 is 11.3 Å². The lowest BCUT2D eigenvalue weighted by molar-refractivity contribution is 0.0924. The number of carbonyl (C=O) groups is 1. The van der Waals surface area contributed by atoms with Crippen molar-refractivity contribution in [1.82, 2.24) is 4.90 Å². The minimum absolute atomic E-state index is 0.0190. The SMILES string of the molecule is CC(Cc1cccs1)N(C)CC(=O)c1ccc(F)cc1. The maximum absolute atomic E-state index is 12.8. The van der Waals surface area contributed by atoms with Crippen molar-refractivity contribution in [3.63, 3.8) is 0 Å². The summed E-state index contributed by atoms with van der Waals surface area (Å²) in [5, 5.41) is 2.06. The Bertz CT molecular complexity index is 550. The van der Waals surface area contributed by atoms with Gasteiger partial charge in [0.1, 0.15) is 5.82 Å². The second-order valence-corrected chi connectivity index (χ2v) is 6.01. The monoisotopic (exact) mass is 291 g/mol. The predicted octanol–water partition coefficient (Wildman–Crippen LogP) is 3.63. The molecule has 0 aliphatic rings. The first kappa shape index (κ1) is 14.9. The van der Waals surface area contributed by atoms with Gasteiger partial charge >= 0.3 is 0 Å². The smallest absolute Gasteiger partial charge is 0.176 e. The first-order valence-electron chi connectivity index (χ1n) is 6.57. The lowest BCUT2D eigenvalue weighted by atomic mass is 10.1. The Balaban J connectivity index is 1.91. The maximum Gasteiger partial charge on any atom is 0.176 e. The van der Waals surface area contributed by atoms with Crippen molar-refractivity contribution in [3.8, 4) is 0 Å². The van der Waals surface area contributed by atoms with Gasteiger partial charge in [-0.2, -0.15) is 0 Å².